The number of nitrogens with one attached hydrogen (secondary N) is 4. The van der Waals surface area contributed by atoms with Gasteiger partial charge in [0.15, 0.2) is 5.69 Å². The molecule has 14 heteroatoms. The van der Waals surface area contributed by atoms with Crippen LogP contribution in [0.15, 0.2) is 58.7 Å². The lowest BCUT2D eigenvalue weighted by molar-refractivity contribution is -0.122. The van der Waals surface area contributed by atoms with Crippen molar-refractivity contribution in [2.24, 2.45) is 5.92 Å². The molecule has 1 aliphatic heterocycles. The molecule has 0 fully saturated rings. The summed E-state index contributed by atoms with van der Waals surface area (Å²) < 4.78 is 5.66. The van der Waals surface area contributed by atoms with Crippen LogP contribution < -0.4 is 16.0 Å². The fraction of sp³-hybridized carbons (Fsp3) is 0.321. The van der Waals surface area contributed by atoms with E-state index in [0.29, 0.717) is 11.4 Å². The fourth-order valence-electron chi connectivity index (χ4n) is 4.47. The van der Waals surface area contributed by atoms with Gasteiger partial charge in [0.25, 0.3) is 17.7 Å². The molecular weight excluding hydrogens is 560 g/mol. The third-order valence-corrected chi connectivity index (χ3v) is 7.59. The van der Waals surface area contributed by atoms with E-state index in [2.05, 4.69) is 36.1 Å². The Bertz CT molecular complexity index is 1550. The van der Waals surface area contributed by atoms with Crippen molar-refractivity contribution in [3.05, 3.63) is 87.8 Å². The zero-order valence-electron chi connectivity index (χ0n) is 23.0. The number of aromatic nitrogens is 4. The van der Waals surface area contributed by atoms with E-state index in [4.69, 9.17) is 4.42 Å². The van der Waals surface area contributed by atoms with E-state index in [1.807, 2.05) is 44.2 Å². The highest BCUT2D eigenvalue weighted by Crippen LogP contribution is 2.26. The van der Waals surface area contributed by atoms with Crippen LogP contribution in [-0.4, -0.2) is 68.3 Å². The first-order chi connectivity index (χ1) is 20.3. The third-order valence-electron chi connectivity index (χ3n) is 6.66. The van der Waals surface area contributed by atoms with Crippen LogP contribution >= 0.6 is 11.3 Å². The van der Waals surface area contributed by atoms with Crippen molar-refractivity contribution in [2.75, 3.05) is 19.6 Å². The molecule has 13 nitrogen and oxygen atoms in total. The first kappa shape index (κ1) is 28.7. The maximum absolute atomic E-state index is 13.3. The van der Waals surface area contributed by atoms with Crippen LogP contribution in [-0.2, 0) is 11.2 Å². The normalized spacial score (nSPS) is 18.5. The van der Waals surface area contributed by atoms with Crippen molar-refractivity contribution in [3.8, 4) is 0 Å². The Hall–Kier alpha value is -4.85. The minimum Gasteiger partial charge on any atom is -0.446 e. The number of H-pyrrole nitrogens is 1. The van der Waals surface area contributed by atoms with Gasteiger partial charge >= 0.3 is 0 Å². The molecule has 2 atom stereocenters. The highest BCUT2D eigenvalue weighted by atomic mass is 32.1. The number of aromatic amines is 1. The zero-order chi connectivity index (χ0) is 29.6. The molecule has 1 aliphatic rings. The summed E-state index contributed by atoms with van der Waals surface area (Å²) in [5.41, 5.74) is 1.32. The minimum absolute atomic E-state index is 0.0123. The van der Waals surface area contributed by atoms with Crippen LogP contribution in [0.25, 0.3) is 0 Å². The fourth-order valence-corrected chi connectivity index (χ4v) is 5.49. The van der Waals surface area contributed by atoms with E-state index < -0.39 is 35.7 Å². The molecule has 4 N–H and O–H groups in total. The van der Waals surface area contributed by atoms with Crippen LogP contribution in [0, 0.1) is 5.92 Å². The molecule has 0 unspecified atom stereocenters. The molecule has 4 heterocycles. The smallest absolute Gasteiger partial charge is 0.273 e. The van der Waals surface area contributed by atoms with Gasteiger partial charge in [0.1, 0.15) is 28.7 Å². The molecule has 0 spiro atoms. The Labute approximate surface area is 245 Å². The van der Waals surface area contributed by atoms with Gasteiger partial charge in [-0.3, -0.25) is 24.3 Å². The Morgan fingerprint density at radius 3 is 2.62 bits per heavy atom. The topological polar surface area (TPSA) is 175 Å². The second-order valence-electron chi connectivity index (χ2n) is 10.1. The Morgan fingerprint density at radius 1 is 1.07 bits per heavy atom. The van der Waals surface area contributed by atoms with Crippen LogP contribution in [0.5, 0.6) is 0 Å². The number of fused-ring (bicyclic) bond motifs is 4. The second-order valence-corrected chi connectivity index (χ2v) is 11.0. The van der Waals surface area contributed by atoms with Gasteiger partial charge in [-0.1, -0.05) is 44.2 Å². The van der Waals surface area contributed by atoms with E-state index >= 15 is 0 Å². The van der Waals surface area contributed by atoms with Gasteiger partial charge in [0.05, 0.1) is 12.6 Å². The van der Waals surface area contributed by atoms with Crippen LogP contribution in [0.4, 0.5) is 0 Å². The third kappa shape index (κ3) is 6.71. The Balaban J connectivity index is 1.47. The average molecular weight is 591 g/mol. The zero-order valence-corrected chi connectivity index (χ0v) is 23.8. The van der Waals surface area contributed by atoms with Crippen LogP contribution in [0.3, 0.4) is 0 Å². The molecule has 0 aliphatic carbocycles. The number of amides is 4. The lowest BCUT2D eigenvalue weighted by Crippen LogP contribution is -2.45. The van der Waals surface area contributed by atoms with Gasteiger partial charge in [-0.05, 0) is 17.5 Å². The van der Waals surface area contributed by atoms with E-state index in [1.165, 1.54) is 34.8 Å². The van der Waals surface area contributed by atoms with Gasteiger partial charge in [-0.15, -0.1) is 11.3 Å². The quantitative estimate of drug-likeness (QED) is 0.280. The lowest BCUT2D eigenvalue weighted by Gasteiger charge is -2.25. The van der Waals surface area contributed by atoms with Gasteiger partial charge in [0, 0.05) is 31.1 Å². The molecule has 3 aromatic heterocycles. The van der Waals surface area contributed by atoms with Crippen molar-refractivity contribution in [3.63, 3.8) is 0 Å². The molecule has 1 aromatic carbocycles. The van der Waals surface area contributed by atoms with Crippen molar-refractivity contribution in [1.82, 2.24) is 41.0 Å². The molecule has 218 valence electrons. The number of nitrogens with zero attached hydrogens (tertiary/aromatic N) is 4. The highest BCUT2D eigenvalue weighted by Gasteiger charge is 2.28. The number of hydrogen-bond acceptors (Lipinski definition) is 9. The predicted octanol–water partition coefficient (Wildman–Crippen LogP) is 2.27. The summed E-state index contributed by atoms with van der Waals surface area (Å²) in [6, 6.07) is 9.83. The number of oxazole rings is 1. The minimum atomic E-state index is -0.686. The van der Waals surface area contributed by atoms with Crippen molar-refractivity contribution >= 4 is 35.0 Å². The molecule has 0 saturated carbocycles. The molecule has 4 bridgehead atoms. The summed E-state index contributed by atoms with van der Waals surface area (Å²) in [4.78, 5) is 62.8. The van der Waals surface area contributed by atoms with Crippen LogP contribution in [0.1, 0.15) is 73.9 Å². The second kappa shape index (κ2) is 12.8. The van der Waals surface area contributed by atoms with E-state index in [0.717, 1.165) is 5.56 Å². The van der Waals surface area contributed by atoms with Gasteiger partial charge in [-0.25, -0.2) is 9.97 Å². The first-order valence-electron chi connectivity index (χ1n) is 13.4. The van der Waals surface area contributed by atoms with Gasteiger partial charge in [0.2, 0.25) is 11.8 Å². The Morgan fingerprint density at radius 2 is 1.88 bits per heavy atom. The highest BCUT2D eigenvalue weighted by molar-refractivity contribution is 7.09. The summed E-state index contributed by atoms with van der Waals surface area (Å²) in [7, 11) is 0. The van der Waals surface area contributed by atoms with E-state index in [1.54, 1.807) is 5.38 Å². The summed E-state index contributed by atoms with van der Waals surface area (Å²) >= 11 is 1.26. The Kier molecular flexibility index (Phi) is 8.71. The van der Waals surface area contributed by atoms with Crippen molar-refractivity contribution in [2.45, 2.75) is 32.4 Å². The number of carbonyl (C=O) groups excluding carboxylic acids is 4. The summed E-state index contributed by atoms with van der Waals surface area (Å²) in [6.07, 6.45) is 3.02. The number of carbonyl (C=O) groups is 4. The van der Waals surface area contributed by atoms with E-state index in [9.17, 15) is 19.2 Å². The van der Waals surface area contributed by atoms with Crippen molar-refractivity contribution < 1.29 is 23.6 Å². The maximum Gasteiger partial charge on any atom is 0.273 e. The summed E-state index contributed by atoms with van der Waals surface area (Å²) in [6.45, 7) is 3.67. The van der Waals surface area contributed by atoms with E-state index in [-0.39, 0.29) is 48.5 Å². The average Bonchev–Trinajstić information content (AvgIpc) is 3.77. The molecule has 4 aromatic rings. The SMILES string of the molecule is CC(C)[C@@H]1NC(=O)CN(C(=O)c2ccn[nH]2)CCNC(=O)c2coc(n2)[C@H](Cc2ccccc2)NC(=O)c2csc1n2. The maximum atomic E-state index is 13.3. The summed E-state index contributed by atoms with van der Waals surface area (Å²) in [5.74, 6) is -1.74. The number of benzene rings is 1. The molecule has 42 heavy (non-hydrogen) atoms. The van der Waals surface area contributed by atoms with Gasteiger partial charge < -0.3 is 25.3 Å². The van der Waals surface area contributed by atoms with Crippen molar-refractivity contribution in [1.29, 1.82) is 0 Å². The largest absolute Gasteiger partial charge is 0.446 e. The number of rotatable bonds is 4. The first-order valence-corrected chi connectivity index (χ1v) is 14.3. The van der Waals surface area contributed by atoms with Crippen LogP contribution in [0.2, 0.25) is 0 Å². The summed E-state index contributed by atoms with van der Waals surface area (Å²) in [5, 5.41) is 17.2. The lowest BCUT2D eigenvalue weighted by atomic mass is 10.0. The standard InChI is InChI=1S/C28H30N8O5S/c1-16(2)23-27-33-21(15-42-27)25(39)31-19(12-17-6-4-3-5-7-17)26-32-20(14-41-26)24(38)29-10-11-36(13-22(37)34-23)28(40)18-8-9-30-35-18/h3-9,14-16,19,23H,10-13H2,1-2H3,(H,29,38)(H,30,35)(H,31,39)(H,34,37)/t19-,23-/m0/s1. The predicted molar refractivity (Wildman–Crippen MR) is 152 cm³/mol. The van der Waals surface area contributed by atoms with Gasteiger partial charge in [-0.2, -0.15) is 5.10 Å². The molecule has 4 amide bonds. The monoisotopic (exact) mass is 590 g/mol. The number of hydrogen-bond donors (Lipinski definition) is 4. The molecule has 5 rings (SSSR count). The molecule has 0 radical (unpaired) electrons. The number of thiazole rings is 1. The molecular formula is C28H30N8O5S. The molecule has 0 saturated heterocycles.